The maximum Gasteiger partial charge on any atom is 0.262 e. The van der Waals surface area contributed by atoms with Gasteiger partial charge in [-0.2, -0.15) is 0 Å². The predicted octanol–water partition coefficient (Wildman–Crippen LogP) is 4.04. The van der Waals surface area contributed by atoms with Gasteiger partial charge in [0.2, 0.25) is 0 Å². The van der Waals surface area contributed by atoms with Crippen LogP contribution in [0.5, 0.6) is 5.75 Å². The molecule has 0 aromatic heterocycles. The van der Waals surface area contributed by atoms with Crippen LogP contribution in [0.1, 0.15) is 36.8 Å². The number of rotatable bonds is 7. The zero-order valence-electron chi connectivity index (χ0n) is 14.8. The summed E-state index contributed by atoms with van der Waals surface area (Å²) in [5.74, 6) is 0.555. The predicted molar refractivity (Wildman–Crippen MR) is 101 cm³/mol. The van der Waals surface area contributed by atoms with Crippen molar-refractivity contribution in [2.75, 3.05) is 11.9 Å². The number of hydrogen-bond donors (Lipinski definition) is 2. The van der Waals surface area contributed by atoms with Gasteiger partial charge in [-0.1, -0.05) is 42.7 Å². The van der Waals surface area contributed by atoms with Crippen LogP contribution >= 0.6 is 0 Å². The molecule has 0 heterocycles. The molecule has 0 spiro atoms. The van der Waals surface area contributed by atoms with E-state index in [0.29, 0.717) is 11.8 Å². The largest absolute Gasteiger partial charge is 0.484 e. The SMILES string of the molecule is Cc1ccc(NC(=O)COc2ccc(CNC3CCCC3)cc2)cc1. The number of hydrogen-bond acceptors (Lipinski definition) is 3. The van der Waals surface area contributed by atoms with Crippen LogP contribution in [-0.4, -0.2) is 18.6 Å². The Hall–Kier alpha value is -2.33. The summed E-state index contributed by atoms with van der Waals surface area (Å²) in [7, 11) is 0. The zero-order chi connectivity index (χ0) is 17.5. The minimum absolute atomic E-state index is 0.00749. The van der Waals surface area contributed by atoms with Gasteiger partial charge in [0.25, 0.3) is 5.91 Å². The molecule has 132 valence electrons. The number of amides is 1. The molecule has 1 fully saturated rings. The molecule has 25 heavy (non-hydrogen) atoms. The smallest absolute Gasteiger partial charge is 0.262 e. The van der Waals surface area contributed by atoms with Gasteiger partial charge in [-0.15, -0.1) is 0 Å². The summed E-state index contributed by atoms with van der Waals surface area (Å²) in [6.45, 7) is 2.91. The van der Waals surface area contributed by atoms with E-state index in [1.807, 2.05) is 43.3 Å². The molecule has 1 aliphatic rings. The summed E-state index contributed by atoms with van der Waals surface area (Å²) in [5.41, 5.74) is 3.19. The van der Waals surface area contributed by atoms with Gasteiger partial charge in [0.15, 0.2) is 6.61 Å². The Kier molecular flexibility index (Phi) is 6.07. The van der Waals surface area contributed by atoms with Crippen LogP contribution in [0.15, 0.2) is 48.5 Å². The third-order valence-electron chi connectivity index (χ3n) is 4.58. The Balaban J connectivity index is 1.41. The molecule has 2 aromatic rings. The lowest BCUT2D eigenvalue weighted by Gasteiger charge is -2.12. The van der Waals surface area contributed by atoms with E-state index in [9.17, 15) is 4.79 Å². The van der Waals surface area contributed by atoms with Gasteiger partial charge >= 0.3 is 0 Å². The summed E-state index contributed by atoms with van der Waals surface area (Å²) < 4.78 is 5.56. The molecule has 0 bridgehead atoms. The van der Waals surface area contributed by atoms with Crippen molar-refractivity contribution in [2.24, 2.45) is 0 Å². The lowest BCUT2D eigenvalue weighted by atomic mass is 10.2. The van der Waals surface area contributed by atoms with E-state index in [1.165, 1.54) is 31.2 Å². The lowest BCUT2D eigenvalue weighted by molar-refractivity contribution is -0.118. The van der Waals surface area contributed by atoms with Crippen molar-refractivity contribution >= 4 is 11.6 Å². The monoisotopic (exact) mass is 338 g/mol. The average molecular weight is 338 g/mol. The summed E-state index contributed by atoms with van der Waals surface area (Å²) in [5, 5.41) is 6.42. The molecule has 0 saturated heterocycles. The maximum atomic E-state index is 11.9. The van der Waals surface area contributed by atoms with Crippen LogP contribution in [0.2, 0.25) is 0 Å². The molecule has 2 N–H and O–H groups in total. The second kappa shape index (κ2) is 8.67. The van der Waals surface area contributed by atoms with E-state index in [0.717, 1.165) is 17.8 Å². The Morgan fingerprint density at radius 1 is 1.04 bits per heavy atom. The van der Waals surface area contributed by atoms with Gasteiger partial charge in [0, 0.05) is 18.3 Å². The normalized spacial score (nSPS) is 14.4. The molecule has 0 unspecified atom stereocenters. The summed E-state index contributed by atoms with van der Waals surface area (Å²) in [6, 6.07) is 16.3. The molecule has 0 radical (unpaired) electrons. The average Bonchev–Trinajstić information content (AvgIpc) is 3.15. The Morgan fingerprint density at radius 3 is 2.40 bits per heavy atom. The highest BCUT2D eigenvalue weighted by Gasteiger charge is 2.13. The highest BCUT2D eigenvalue weighted by atomic mass is 16.5. The highest BCUT2D eigenvalue weighted by molar-refractivity contribution is 5.91. The van der Waals surface area contributed by atoms with E-state index < -0.39 is 0 Å². The standard InChI is InChI=1S/C21H26N2O2/c1-16-6-10-19(11-7-16)23-21(24)15-25-20-12-8-17(9-13-20)14-22-18-4-2-3-5-18/h6-13,18,22H,2-5,14-15H2,1H3,(H,23,24). The Labute approximate surface area is 149 Å². The number of aryl methyl sites for hydroxylation is 1. The van der Waals surface area contributed by atoms with Crippen molar-refractivity contribution in [3.05, 3.63) is 59.7 Å². The molecule has 1 saturated carbocycles. The topological polar surface area (TPSA) is 50.4 Å². The third kappa shape index (κ3) is 5.61. The van der Waals surface area contributed by atoms with Crippen molar-refractivity contribution in [3.63, 3.8) is 0 Å². The van der Waals surface area contributed by atoms with Crippen LogP contribution in [0.4, 0.5) is 5.69 Å². The second-order valence-corrected chi connectivity index (χ2v) is 6.71. The zero-order valence-corrected chi connectivity index (χ0v) is 14.8. The molecule has 2 aromatic carbocycles. The number of benzene rings is 2. The fourth-order valence-corrected chi connectivity index (χ4v) is 3.08. The maximum absolute atomic E-state index is 11.9. The molecule has 4 nitrogen and oxygen atoms in total. The molecule has 0 aliphatic heterocycles. The molecular formula is C21H26N2O2. The van der Waals surface area contributed by atoms with E-state index >= 15 is 0 Å². The number of carbonyl (C=O) groups excluding carboxylic acids is 1. The third-order valence-corrected chi connectivity index (χ3v) is 4.58. The van der Waals surface area contributed by atoms with E-state index in [4.69, 9.17) is 4.74 Å². The van der Waals surface area contributed by atoms with Crippen molar-refractivity contribution in [3.8, 4) is 5.75 Å². The summed E-state index contributed by atoms with van der Waals surface area (Å²) in [4.78, 5) is 11.9. The first-order valence-corrected chi connectivity index (χ1v) is 9.01. The van der Waals surface area contributed by atoms with Gasteiger partial charge in [-0.05, 0) is 49.6 Å². The molecule has 4 heteroatoms. The molecular weight excluding hydrogens is 312 g/mol. The number of anilines is 1. The number of nitrogens with one attached hydrogen (secondary N) is 2. The Bertz CT molecular complexity index is 674. The molecule has 1 aliphatic carbocycles. The summed E-state index contributed by atoms with van der Waals surface area (Å²) >= 11 is 0. The quantitative estimate of drug-likeness (QED) is 0.801. The van der Waals surface area contributed by atoms with Gasteiger partial charge < -0.3 is 15.4 Å². The van der Waals surface area contributed by atoms with Gasteiger partial charge in [0.1, 0.15) is 5.75 Å². The number of carbonyl (C=O) groups is 1. The van der Waals surface area contributed by atoms with E-state index in [2.05, 4.69) is 22.8 Å². The van der Waals surface area contributed by atoms with Gasteiger partial charge in [0.05, 0.1) is 0 Å². The second-order valence-electron chi connectivity index (χ2n) is 6.71. The fraction of sp³-hybridized carbons (Fsp3) is 0.381. The van der Waals surface area contributed by atoms with Crippen LogP contribution < -0.4 is 15.4 Å². The van der Waals surface area contributed by atoms with Crippen LogP contribution in [0.25, 0.3) is 0 Å². The lowest BCUT2D eigenvalue weighted by Crippen LogP contribution is -2.25. The van der Waals surface area contributed by atoms with Crippen molar-refractivity contribution < 1.29 is 9.53 Å². The van der Waals surface area contributed by atoms with Crippen molar-refractivity contribution in [1.82, 2.24) is 5.32 Å². The van der Waals surface area contributed by atoms with Gasteiger partial charge in [-0.25, -0.2) is 0 Å². The minimum atomic E-state index is -0.157. The van der Waals surface area contributed by atoms with Crippen molar-refractivity contribution in [2.45, 2.75) is 45.2 Å². The first-order chi connectivity index (χ1) is 12.2. The van der Waals surface area contributed by atoms with Crippen LogP contribution in [0, 0.1) is 6.92 Å². The van der Waals surface area contributed by atoms with E-state index in [1.54, 1.807) is 0 Å². The molecule has 1 amide bonds. The minimum Gasteiger partial charge on any atom is -0.484 e. The van der Waals surface area contributed by atoms with Crippen LogP contribution in [-0.2, 0) is 11.3 Å². The molecule has 3 rings (SSSR count). The Morgan fingerprint density at radius 2 is 1.72 bits per heavy atom. The fourth-order valence-electron chi connectivity index (χ4n) is 3.08. The number of ether oxygens (including phenoxy) is 1. The summed E-state index contributed by atoms with van der Waals surface area (Å²) in [6.07, 6.45) is 5.26. The van der Waals surface area contributed by atoms with Gasteiger partial charge in [-0.3, -0.25) is 4.79 Å². The highest BCUT2D eigenvalue weighted by Crippen LogP contribution is 2.19. The molecule has 0 atom stereocenters. The van der Waals surface area contributed by atoms with E-state index in [-0.39, 0.29) is 12.5 Å². The van der Waals surface area contributed by atoms with Crippen molar-refractivity contribution in [1.29, 1.82) is 0 Å². The first-order valence-electron chi connectivity index (χ1n) is 9.01. The van der Waals surface area contributed by atoms with Crippen LogP contribution in [0.3, 0.4) is 0 Å². The first kappa shape index (κ1) is 17.5.